The highest BCUT2D eigenvalue weighted by atomic mass is 19.1. The van der Waals surface area contributed by atoms with Gasteiger partial charge in [-0.2, -0.15) is 0 Å². The zero-order valence-corrected chi connectivity index (χ0v) is 16.2. The second-order valence-electron chi connectivity index (χ2n) is 6.46. The van der Waals surface area contributed by atoms with Crippen LogP contribution in [0.2, 0.25) is 0 Å². The smallest absolute Gasteiger partial charge is 0.306 e. The quantitative estimate of drug-likeness (QED) is 0.495. The number of rotatable bonds is 10. The molecule has 0 bridgehead atoms. The number of halogens is 1. The lowest BCUT2D eigenvalue weighted by Crippen LogP contribution is -2.55. The van der Waals surface area contributed by atoms with E-state index in [0.717, 1.165) is 0 Å². The molecule has 8 nitrogen and oxygen atoms in total. The second kappa shape index (κ2) is 11.0. The fraction of sp³-hybridized carbons (Fsp3) is 0.474. The number of esters is 1. The Bertz CT molecular complexity index is 725. The number of carbonyl (C=O) groups excluding carboxylic acids is 4. The van der Waals surface area contributed by atoms with Gasteiger partial charge in [-0.3, -0.25) is 19.2 Å². The van der Waals surface area contributed by atoms with Crippen LogP contribution in [0.15, 0.2) is 24.3 Å². The van der Waals surface area contributed by atoms with Gasteiger partial charge in [0.15, 0.2) is 0 Å². The van der Waals surface area contributed by atoms with Crippen molar-refractivity contribution in [3.8, 4) is 0 Å². The first-order valence-corrected chi connectivity index (χ1v) is 8.90. The maximum Gasteiger partial charge on any atom is 0.306 e. The average Bonchev–Trinajstić information content (AvgIpc) is 2.58. The molecule has 0 unspecified atom stereocenters. The molecule has 0 aromatic heterocycles. The summed E-state index contributed by atoms with van der Waals surface area (Å²) in [5.41, 5.74) is 5.86. The summed E-state index contributed by atoms with van der Waals surface area (Å²) in [5, 5.41) is 4.95. The Morgan fingerprint density at radius 3 is 2.43 bits per heavy atom. The Hall–Kier alpha value is -2.97. The molecule has 0 aliphatic rings. The van der Waals surface area contributed by atoms with Crippen molar-refractivity contribution in [3.05, 3.63) is 35.6 Å². The van der Waals surface area contributed by atoms with E-state index in [-0.39, 0.29) is 19.4 Å². The van der Waals surface area contributed by atoms with Gasteiger partial charge in [-0.25, -0.2) is 4.39 Å². The van der Waals surface area contributed by atoms with Crippen molar-refractivity contribution < 1.29 is 28.3 Å². The van der Waals surface area contributed by atoms with Crippen LogP contribution < -0.4 is 16.4 Å². The van der Waals surface area contributed by atoms with E-state index in [9.17, 15) is 23.6 Å². The summed E-state index contributed by atoms with van der Waals surface area (Å²) in [5.74, 6) is -3.57. The molecule has 0 heterocycles. The van der Waals surface area contributed by atoms with Crippen LogP contribution in [0.5, 0.6) is 0 Å². The predicted octanol–water partition coefficient (Wildman–Crippen LogP) is 0.432. The summed E-state index contributed by atoms with van der Waals surface area (Å²) < 4.78 is 18.2. The minimum absolute atomic E-state index is 0.0148. The van der Waals surface area contributed by atoms with Crippen molar-refractivity contribution in [2.45, 2.75) is 45.7 Å². The van der Waals surface area contributed by atoms with Gasteiger partial charge in [-0.05, 0) is 30.5 Å². The van der Waals surface area contributed by atoms with E-state index in [1.54, 1.807) is 19.9 Å². The fourth-order valence-corrected chi connectivity index (χ4v) is 2.70. The lowest BCUT2D eigenvalue weighted by atomic mass is 9.96. The Morgan fingerprint density at radius 2 is 1.89 bits per heavy atom. The Balaban J connectivity index is 2.91. The van der Waals surface area contributed by atoms with Crippen molar-refractivity contribution in [3.63, 3.8) is 0 Å². The lowest BCUT2D eigenvalue weighted by Gasteiger charge is -2.25. The van der Waals surface area contributed by atoms with E-state index in [2.05, 4.69) is 10.6 Å². The van der Waals surface area contributed by atoms with Crippen molar-refractivity contribution in [2.24, 2.45) is 11.7 Å². The lowest BCUT2D eigenvalue weighted by molar-refractivity contribution is -0.145. The minimum atomic E-state index is -1.14. The van der Waals surface area contributed by atoms with Gasteiger partial charge < -0.3 is 21.1 Å². The largest absolute Gasteiger partial charge is 0.466 e. The van der Waals surface area contributed by atoms with E-state index >= 15 is 0 Å². The molecule has 28 heavy (non-hydrogen) atoms. The molecule has 0 fully saturated rings. The molecule has 0 radical (unpaired) electrons. The monoisotopic (exact) mass is 395 g/mol. The van der Waals surface area contributed by atoms with Crippen LogP contribution in [-0.2, 0) is 30.3 Å². The second-order valence-corrected chi connectivity index (χ2v) is 6.46. The van der Waals surface area contributed by atoms with Crippen molar-refractivity contribution >= 4 is 23.7 Å². The zero-order chi connectivity index (χ0) is 21.3. The molecule has 154 valence electrons. The van der Waals surface area contributed by atoms with Crippen LogP contribution in [0.25, 0.3) is 0 Å². The molecule has 9 heteroatoms. The molecule has 0 saturated carbocycles. The third kappa shape index (κ3) is 7.73. The van der Waals surface area contributed by atoms with E-state index in [1.807, 2.05) is 0 Å². The molecular weight excluding hydrogens is 369 g/mol. The highest BCUT2D eigenvalue weighted by Gasteiger charge is 2.30. The molecule has 3 atom stereocenters. The van der Waals surface area contributed by atoms with Crippen LogP contribution in [0.1, 0.15) is 32.8 Å². The zero-order valence-electron chi connectivity index (χ0n) is 16.2. The normalized spacial score (nSPS) is 13.7. The highest BCUT2D eigenvalue weighted by molar-refractivity contribution is 5.91. The van der Waals surface area contributed by atoms with Gasteiger partial charge in [-0.15, -0.1) is 0 Å². The van der Waals surface area contributed by atoms with Gasteiger partial charge in [0.05, 0.1) is 13.0 Å². The Kier molecular flexibility index (Phi) is 9.07. The predicted molar refractivity (Wildman–Crippen MR) is 99.2 cm³/mol. The number of hydrogen-bond acceptors (Lipinski definition) is 5. The van der Waals surface area contributed by atoms with E-state index in [0.29, 0.717) is 5.56 Å². The first kappa shape index (κ1) is 23.1. The maximum atomic E-state index is 13.4. The van der Waals surface area contributed by atoms with E-state index < -0.39 is 47.5 Å². The van der Waals surface area contributed by atoms with Gasteiger partial charge in [0, 0.05) is 13.3 Å². The number of nitrogens with one attached hydrogen (secondary N) is 2. The molecule has 4 N–H and O–H groups in total. The number of carbonyl (C=O) groups is 4. The molecule has 0 spiro atoms. The molecule has 0 aliphatic carbocycles. The van der Waals surface area contributed by atoms with Crippen LogP contribution in [0.4, 0.5) is 4.39 Å². The first-order chi connectivity index (χ1) is 13.1. The van der Waals surface area contributed by atoms with Crippen LogP contribution in [0, 0.1) is 11.7 Å². The number of nitrogens with two attached hydrogens (primary N) is 1. The maximum absolute atomic E-state index is 13.4. The number of ether oxygens (including phenoxy) is 1. The number of benzene rings is 1. The number of amides is 3. The highest BCUT2D eigenvalue weighted by Crippen LogP contribution is 2.12. The molecular formula is C19H26FN3O5. The summed E-state index contributed by atoms with van der Waals surface area (Å²) in [6, 6.07) is 3.42. The third-order valence-corrected chi connectivity index (χ3v) is 3.99. The molecule has 1 aromatic carbocycles. The summed E-state index contributed by atoms with van der Waals surface area (Å²) in [6.07, 6.45) is -0.0999. The van der Waals surface area contributed by atoms with Crippen molar-refractivity contribution in [1.29, 1.82) is 0 Å². The molecule has 0 saturated heterocycles. The van der Waals surface area contributed by atoms with Gasteiger partial charge in [0.25, 0.3) is 0 Å². The van der Waals surface area contributed by atoms with E-state index in [1.165, 1.54) is 25.1 Å². The van der Waals surface area contributed by atoms with Gasteiger partial charge in [-0.1, -0.05) is 19.1 Å². The Morgan fingerprint density at radius 1 is 1.21 bits per heavy atom. The third-order valence-electron chi connectivity index (χ3n) is 3.99. The summed E-state index contributed by atoms with van der Waals surface area (Å²) >= 11 is 0. The Labute approximate surface area is 163 Å². The summed E-state index contributed by atoms with van der Waals surface area (Å²) in [7, 11) is 0. The minimum Gasteiger partial charge on any atom is -0.466 e. The van der Waals surface area contributed by atoms with Crippen LogP contribution >= 0.6 is 0 Å². The molecule has 0 aliphatic heterocycles. The first-order valence-electron chi connectivity index (χ1n) is 8.90. The van der Waals surface area contributed by atoms with Gasteiger partial charge in [0.1, 0.15) is 17.9 Å². The van der Waals surface area contributed by atoms with Crippen LogP contribution in [0.3, 0.4) is 0 Å². The number of hydrogen-bond donors (Lipinski definition) is 3. The standard InChI is InChI=1S/C19H26FN3O5/c1-4-28-16(25)8-11(2)17(18(21)26)23-19(27)15(22-12(3)24)10-13-6-5-7-14(20)9-13/h5-7,9,11,15,17H,4,8,10H2,1-3H3,(H2,21,26)(H,22,24)(H,23,27)/t11-,15-,17-/m1/s1. The number of primary amides is 1. The topological polar surface area (TPSA) is 128 Å². The molecule has 3 amide bonds. The van der Waals surface area contributed by atoms with Gasteiger partial charge >= 0.3 is 5.97 Å². The molecule has 1 rings (SSSR count). The van der Waals surface area contributed by atoms with E-state index in [4.69, 9.17) is 10.5 Å². The SMILES string of the molecule is CCOC(=O)C[C@@H](C)[C@@H](NC(=O)[C@@H](Cc1cccc(F)c1)NC(C)=O)C(N)=O. The summed E-state index contributed by atoms with van der Waals surface area (Å²) in [4.78, 5) is 47.5. The fourth-order valence-electron chi connectivity index (χ4n) is 2.70. The van der Waals surface area contributed by atoms with Gasteiger partial charge in [0.2, 0.25) is 17.7 Å². The average molecular weight is 395 g/mol. The molecule has 1 aromatic rings. The van der Waals surface area contributed by atoms with Crippen molar-refractivity contribution in [1.82, 2.24) is 10.6 Å². The van der Waals surface area contributed by atoms with Crippen molar-refractivity contribution in [2.75, 3.05) is 6.61 Å². The summed E-state index contributed by atoms with van der Waals surface area (Å²) in [6.45, 7) is 4.66. The van der Waals surface area contributed by atoms with Crippen LogP contribution in [-0.4, -0.2) is 42.4 Å².